The molecule has 0 saturated carbocycles. The molecule has 2 aromatic carbocycles. The Bertz CT molecular complexity index is 1140. The number of halogens is 1. The number of nitrogens with zero attached hydrogens (tertiary/aromatic N) is 1. The molecule has 140 valence electrons. The van der Waals surface area contributed by atoms with Crippen molar-refractivity contribution < 1.29 is 9.18 Å². The van der Waals surface area contributed by atoms with Crippen molar-refractivity contribution in [3.63, 3.8) is 0 Å². The first-order valence-electron chi connectivity index (χ1n) is 9.59. The third kappa shape index (κ3) is 2.63. The summed E-state index contributed by atoms with van der Waals surface area (Å²) >= 11 is 0. The van der Waals surface area contributed by atoms with Crippen LogP contribution in [0.25, 0.3) is 16.5 Å². The first-order chi connectivity index (χ1) is 13.4. The number of ketones is 1. The van der Waals surface area contributed by atoms with Crippen LogP contribution in [-0.4, -0.2) is 10.8 Å². The van der Waals surface area contributed by atoms with Crippen molar-refractivity contribution in [1.82, 2.24) is 4.98 Å². The Labute approximate surface area is 163 Å². The summed E-state index contributed by atoms with van der Waals surface area (Å²) in [5.41, 5.74) is 5.73. The van der Waals surface area contributed by atoms with Gasteiger partial charge in [0.2, 0.25) is 0 Å². The van der Waals surface area contributed by atoms with Gasteiger partial charge in [-0.25, -0.2) is 4.39 Å². The van der Waals surface area contributed by atoms with E-state index in [0.29, 0.717) is 6.42 Å². The molecule has 5 rings (SSSR count). The van der Waals surface area contributed by atoms with Crippen LogP contribution in [0.5, 0.6) is 0 Å². The Morgan fingerprint density at radius 3 is 2.64 bits per heavy atom. The zero-order chi connectivity index (χ0) is 19.5. The fraction of sp³-hybridized carbons (Fsp3) is 0.250. The molecule has 0 bridgehead atoms. The lowest BCUT2D eigenvalue weighted by Crippen LogP contribution is -2.33. The van der Waals surface area contributed by atoms with Crippen molar-refractivity contribution >= 4 is 27.9 Å². The van der Waals surface area contributed by atoms with Crippen LogP contribution in [-0.2, 0) is 4.79 Å². The van der Waals surface area contributed by atoms with E-state index in [1.54, 1.807) is 18.3 Å². The molecule has 28 heavy (non-hydrogen) atoms. The summed E-state index contributed by atoms with van der Waals surface area (Å²) in [6.07, 6.45) is 3.13. The number of carbonyl (C=O) groups is 1. The fourth-order valence-corrected chi connectivity index (χ4v) is 4.62. The molecule has 1 aliphatic carbocycles. The molecular weight excluding hydrogens is 351 g/mol. The number of benzene rings is 2. The molecule has 3 aromatic rings. The highest BCUT2D eigenvalue weighted by Crippen LogP contribution is 2.51. The van der Waals surface area contributed by atoms with E-state index >= 15 is 0 Å². The van der Waals surface area contributed by atoms with Crippen LogP contribution in [0.1, 0.15) is 43.9 Å². The second kappa shape index (κ2) is 5.99. The molecule has 1 aliphatic heterocycles. The van der Waals surface area contributed by atoms with Gasteiger partial charge in [0.25, 0.3) is 0 Å². The van der Waals surface area contributed by atoms with Crippen LogP contribution in [0.15, 0.2) is 60.3 Å². The number of rotatable bonds is 1. The standard InChI is InChI=1S/C24H21FN2O/c1-24(2)12-17-21-16-4-3-11-26-18(16)9-10-19(21)27-23(22(17)20(28)13-24)14-5-7-15(25)8-6-14/h3-11,23,27H,12-13H2,1-2H3/t23-/m1/s1. The van der Waals surface area contributed by atoms with E-state index in [4.69, 9.17) is 0 Å². The van der Waals surface area contributed by atoms with Crippen LogP contribution in [0, 0.1) is 11.2 Å². The summed E-state index contributed by atoms with van der Waals surface area (Å²) in [6, 6.07) is 14.2. The molecular formula is C24H21FN2O. The molecule has 3 nitrogen and oxygen atoms in total. The normalized spacial score (nSPS) is 20.5. The van der Waals surface area contributed by atoms with Crippen molar-refractivity contribution in [2.45, 2.75) is 32.7 Å². The van der Waals surface area contributed by atoms with Gasteiger partial charge in [-0.05, 0) is 53.3 Å². The van der Waals surface area contributed by atoms with Gasteiger partial charge in [0.15, 0.2) is 5.78 Å². The average Bonchev–Trinajstić information content (AvgIpc) is 2.66. The van der Waals surface area contributed by atoms with Gasteiger partial charge in [0.05, 0.1) is 11.6 Å². The van der Waals surface area contributed by atoms with E-state index < -0.39 is 0 Å². The van der Waals surface area contributed by atoms with Gasteiger partial charge in [0.1, 0.15) is 5.82 Å². The maximum absolute atomic E-state index is 13.5. The van der Waals surface area contributed by atoms with E-state index in [0.717, 1.165) is 45.3 Å². The number of anilines is 1. The number of hydrogen-bond acceptors (Lipinski definition) is 3. The lowest BCUT2D eigenvalue weighted by molar-refractivity contribution is -0.118. The van der Waals surface area contributed by atoms with Gasteiger partial charge in [-0.1, -0.05) is 32.0 Å². The molecule has 0 spiro atoms. The van der Waals surface area contributed by atoms with E-state index in [2.05, 4.69) is 30.2 Å². The molecule has 1 N–H and O–H groups in total. The number of pyridine rings is 1. The third-order valence-corrected chi connectivity index (χ3v) is 5.80. The molecule has 0 amide bonds. The molecule has 0 radical (unpaired) electrons. The van der Waals surface area contributed by atoms with Crippen molar-refractivity contribution in [3.8, 4) is 0 Å². The number of nitrogens with one attached hydrogen (secondary N) is 1. The SMILES string of the molecule is CC1(C)CC(=O)C2=C(C1)c1c(ccc3ncccc13)N[C@@H]2c1ccc(F)cc1. The Hall–Kier alpha value is -3.01. The Kier molecular flexibility index (Phi) is 3.66. The molecule has 1 aromatic heterocycles. The van der Waals surface area contributed by atoms with E-state index in [1.165, 1.54) is 12.1 Å². The zero-order valence-electron chi connectivity index (χ0n) is 15.9. The average molecular weight is 372 g/mol. The van der Waals surface area contributed by atoms with Crippen molar-refractivity contribution in [2.75, 3.05) is 5.32 Å². The Balaban J connectivity index is 1.79. The van der Waals surface area contributed by atoms with Gasteiger partial charge in [-0.2, -0.15) is 0 Å². The lowest BCUT2D eigenvalue weighted by Gasteiger charge is -2.40. The summed E-state index contributed by atoms with van der Waals surface area (Å²) in [7, 11) is 0. The second-order valence-electron chi connectivity index (χ2n) is 8.52. The molecule has 0 unspecified atom stereocenters. The maximum atomic E-state index is 13.5. The van der Waals surface area contributed by atoms with E-state index in [1.807, 2.05) is 18.2 Å². The van der Waals surface area contributed by atoms with Crippen LogP contribution in [0.3, 0.4) is 0 Å². The van der Waals surface area contributed by atoms with E-state index in [-0.39, 0.29) is 23.1 Å². The van der Waals surface area contributed by atoms with Gasteiger partial charge >= 0.3 is 0 Å². The van der Waals surface area contributed by atoms with Crippen LogP contribution < -0.4 is 5.32 Å². The number of fused-ring (bicyclic) bond motifs is 4. The van der Waals surface area contributed by atoms with Gasteiger partial charge in [-0.15, -0.1) is 0 Å². The number of hydrogen-bond donors (Lipinski definition) is 1. The highest BCUT2D eigenvalue weighted by atomic mass is 19.1. The predicted molar refractivity (Wildman–Crippen MR) is 109 cm³/mol. The molecule has 0 saturated heterocycles. The van der Waals surface area contributed by atoms with E-state index in [9.17, 15) is 9.18 Å². The van der Waals surface area contributed by atoms with Gasteiger partial charge in [-0.3, -0.25) is 9.78 Å². The largest absolute Gasteiger partial charge is 0.373 e. The summed E-state index contributed by atoms with van der Waals surface area (Å²) in [4.78, 5) is 17.7. The zero-order valence-corrected chi connectivity index (χ0v) is 15.9. The van der Waals surface area contributed by atoms with Crippen LogP contribution >= 0.6 is 0 Å². The maximum Gasteiger partial charge on any atom is 0.162 e. The fourth-order valence-electron chi connectivity index (χ4n) is 4.62. The first kappa shape index (κ1) is 17.1. The molecule has 2 aliphatic rings. The minimum absolute atomic E-state index is 0.0950. The molecule has 2 heterocycles. The van der Waals surface area contributed by atoms with Crippen molar-refractivity contribution in [3.05, 3.63) is 77.2 Å². The van der Waals surface area contributed by atoms with Crippen LogP contribution in [0.4, 0.5) is 10.1 Å². The monoisotopic (exact) mass is 372 g/mol. The summed E-state index contributed by atoms with van der Waals surface area (Å²) in [5.74, 6) is -0.109. The number of Topliss-reactive ketones (excluding diaryl/α,β-unsaturated/α-hetero) is 1. The topological polar surface area (TPSA) is 42.0 Å². The second-order valence-corrected chi connectivity index (χ2v) is 8.52. The first-order valence-corrected chi connectivity index (χ1v) is 9.59. The van der Waals surface area contributed by atoms with Crippen molar-refractivity contribution in [2.24, 2.45) is 5.41 Å². The smallest absolute Gasteiger partial charge is 0.162 e. The molecule has 0 fully saturated rings. The number of aromatic nitrogens is 1. The Morgan fingerprint density at radius 1 is 1.07 bits per heavy atom. The van der Waals surface area contributed by atoms with Crippen LogP contribution in [0.2, 0.25) is 0 Å². The number of carbonyl (C=O) groups excluding carboxylic acids is 1. The minimum atomic E-state index is -0.276. The highest BCUT2D eigenvalue weighted by molar-refractivity contribution is 6.12. The molecule has 4 heteroatoms. The lowest BCUT2D eigenvalue weighted by atomic mass is 9.68. The Morgan fingerprint density at radius 2 is 1.86 bits per heavy atom. The minimum Gasteiger partial charge on any atom is -0.373 e. The highest BCUT2D eigenvalue weighted by Gasteiger charge is 2.40. The number of allylic oxidation sites excluding steroid dienone is 1. The predicted octanol–water partition coefficient (Wildman–Crippen LogP) is 5.68. The van der Waals surface area contributed by atoms with Crippen molar-refractivity contribution in [1.29, 1.82) is 0 Å². The summed E-state index contributed by atoms with van der Waals surface area (Å²) in [6.45, 7) is 4.29. The summed E-state index contributed by atoms with van der Waals surface area (Å²) < 4.78 is 13.5. The molecule has 1 atom stereocenters. The van der Waals surface area contributed by atoms with Gasteiger partial charge < -0.3 is 5.32 Å². The quantitative estimate of drug-likeness (QED) is 0.597. The van der Waals surface area contributed by atoms with Gasteiger partial charge in [0, 0.05) is 34.8 Å². The third-order valence-electron chi connectivity index (χ3n) is 5.80. The summed E-state index contributed by atoms with van der Waals surface area (Å²) in [5, 5.41) is 4.61.